The second kappa shape index (κ2) is 11.3. The van der Waals surface area contributed by atoms with E-state index in [2.05, 4.69) is 15.5 Å². The molecule has 1 atom stereocenters. The van der Waals surface area contributed by atoms with Gasteiger partial charge < -0.3 is 29.2 Å². The van der Waals surface area contributed by atoms with Gasteiger partial charge in [-0.1, -0.05) is 35.5 Å². The lowest BCUT2D eigenvalue weighted by Gasteiger charge is -2.45. The minimum absolute atomic E-state index is 0.149. The molecule has 1 fully saturated rings. The molecule has 4 heterocycles. The van der Waals surface area contributed by atoms with Crippen molar-refractivity contribution in [2.24, 2.45) is 0 Å². The number of carboxylic acids is 1. The zero-order valence-corrected chi connectivity index (χ0v) is 20.8. The fourth-order valence-electron chi connectivity index (χ4n) is 4.47. The second-order valence-electron chi connectivity index (χ2n) is 9.13. The lowest BCUT2D eigenvalue weighted by atomic mass is 9.88. The van der Waals surface area contributed by atoms with Crippen LogP contribution in [-0.2, 0) is 33.0 Å². The Morgan fingerprint density at radius 1 is 1.18 bits per heavy atom. The van der Waals surface area contributed by atoms with E-state index in [9.17, 15) is 22.8 Å². The van der Waals surface area contributed by atoms with Gasteiger partial charge in [0.05, 0.1) is 6.54 Å². The summed E-state index contributed by atoms with van der Waals surface area (Å²) in [5.74, 6) is -1.65. The quantitative estimate of drug-likeness (QED) is 0.506. The first-order chi connectivity index (χ1) is 18.5. The van der Waals surface area contributed by atoms with Crippen LogP contribution in [0, 0.1) is 6.92 Å². The number of aromatic nitrogens is 3. The van der Waals surface area contributed by atoms with Crippen molar-refractivity contribution in [2.45, 2.75) is 50.7 Å². The van der Waals surface area contributed by atoms with Gasteiger partial charge in [-0.05, 0) is 12.5 Å². The molecular formula is C25H26F3N5O6. The van der Waals surface area contributed by atoms with E-state index in [1.807, 2.05) is 41.1 Å². The molecule has 11 nitrogen and oxygen atoms in total. The number of carbonyl (C=O) groups is 3. The van der Waals surface area contributed by atoms with Crippen molar-refractivity contribution >= 4 is 17.8 Å². The predicted molar refractivity (Wildman–Crippen MR) is 127 cm³/mol. The number of piperidine rings is 1. The van der Waals surface area contributed by atoms with Crippen LogP contribution in [0.3, 0.4) is 0 Å². The number of nitrogens with one attached hydrogen (secondary N) is 1. The third-order valence-corrected chi connectivity index (χ3v) is 6.40. The van der Waals surface area contributed by atoms with Gasteiger partial charge in [-0.25, -0.2) is 9.78 Å². The number of likely N-dealkylation sites (tertiary alicyclic amines) is 1. The largest absolute Gasteiger partial charge is 0.490 e. The number of fused-ring (bicyclic) bond motifs is 2. The van der Waals surface area contributed by atoms with E-state index in [1.165, 1.54) is 0 Å². The average molecular weight is 550 g/mol. The van der Waals surface area contributed by atoms with E-state index in [0.717, 1.165) is 11.4 Å². The second-order valence-corrected chi connectivity index (χ2v) is 9.13. The zero-order valence-electron chi connectivity index (χ0n) is 20.8. The Morgan fingerprint density at radius 2 is 1.85 bits per heavy atom. The van der Waals surface area contributed by atoms with Crippen LogP contribution in [0.5, 0.6) is 0 Å². The Bertz CT molecular complexity index is 1310. The third-order valence-electron chi connectivity index (χ3n) is 6.40. The first kappa shape index (κ1) is 27.8. The van der Waals surface area contributed by atoms with Gasteiger partial charge in [0.2, 0.25) is 0 Å². The summed E-state index contributed by atoms with van der Waals surface area (Å²) in [6.45, 7) is 3.58. The molecule has 3 aromatic rings. The molecule has 5 rings (SSSR count). The maximum Gasteiger partial charge on any atom is 0.490 e. The maximum atomic E-state index is 12.9. The van der Waals surface area contributed by atoms with Crippen LogP contribution in [0.4, 0.5) is 13.2 Å². The maximum absolute atomic E-state index is 12.9. The zero-order chi connectivity index (χ0) is 28.2. The van der Waals surface area contributed by atoms with Crippen molar-refractivity contribution in [2.75, 3.05) is 13.1 Å². The number of hydrogen-bond acceptors (Lipinski definition) is 7. The van der Waals surface area contributed by atoms with Crippen LogP contribution >= 0.6 is 0 Å². The molecular weight excluding hydrogens is 523 g/mol. The predicted octanol–water partition coefficient (Wildman–Crippen LogP) is 2.66. The molecule has 39 heavy (non-hydrogen) atoms. The van der Waals surface area contributed by atoms with Crippen LogP contribution < -0.4 is 5.32 Å². The number of hydrogen-bond donors (Lipinski definition) is 2. The first-order valence-corrected chi connectivity index (χ1v) is 12.0. The van der Waals surface area contributed by atoms with E-state index in [0.29, 0.717) is 50.5 Å². The van der Waals surface area contributed by atoms with Crippen molar-refractivity contribution in [3.63, 3.8) is 0 Å². The van der Waals surface area contributed by atoms with Crippen LogP contribution in [0.2, 0.25) is 0 Å². The van der Waals surface area contributed by atoms with Gasteiger partial charge in [0.1, 0.15) is 17.2 Å². The summed E-state index contributed by atoms with van der Waals surface area (Å²) in [4.78, 5) is 40.9. The Kier molecular flexibility index (Phi) is 8.04. The number of halogens is 3. The van der Waals surface area contributed by atoms with Crippen LogP contribution in [0.15, 0.2) is 53.3 Å². The summed E-state index contributed by atoms with van der Waals surface area (Å²) in [5, 5.41) is 13.9. The van der Waals surface area contributed by atoms with Gasteiger partial charge >= 0.3 is 12.1 Å². The van der Waals surface area contributed by atoms with Crippen molar-refractivity contribution in [1.29, 1.82) is 0 Å². The molecule has 1 unspecified atom stereocenters. The van der Waals surface area contributed by atoms with E-state index in [-0.39, 0.29) is 11.8 Å². The number of ether oxygens (including phenoxy) is 1. The molecule has 2 N–H and O–H groups in total. The van der Waals surface area contributed by atoms with Crippen molar-refractivity contribution in [3.05, 3.63) is 71.6 Å². The first-order valence-electron chi connectivity index (χ1n) is 12.0. The molecule has 1 spiro atoms. The standard InChI is InChI=1S/C23H25N5O4.C2HF3O2/c1-16-13-18(26-32-16)21(30)27-10-7-23(8-11-27)22-24-9-12-28(22)15-19(31-23)20(29)25-14-17-5-3-2-4-6-17;3-2(4,5)1(6)7/h2-6,9,12-13,19H,7-8,10-11,14-15H2,1H3,(H,25,29);(H,6,7). The van der Waals surface area contributed by atoms with Gasteiger partial charge in [-0.2, -0.15) is 13.2 Å². The van der Waals surface area contributed by atoms with Gasteiger partial charge in [-0.15, -0.1) is 0 Å². The molecule has 1 saturated heterocycles. The summed E-state index contributed by atoms with van der Waals surface area (Å²) in [5.41, 5.74) is 0.639. The minimum Gasteiger partial charge on any atom is -0.475 e. The van der Waals surface area contributed by atoms with Crippen molar-refractivity contribution in [1.82, 2.24) is 24.9 Å². The molecule has 14 heteroatoms. The molecule has 2 amide bonds. The van der Waals surface area contributed by atoms with Gasteiger partial charge in [0.15, 0.2) is 11.8 Å². The summed E-state index contributed by atoms with van der Waals surface area (Å²) < 4.78 is 45.2. The molecule has 0 aliphatic carbocycles. The van der Waals surface area contributed by atoms with Gasteiger partial charge in [0.25, 0.3) is 11.8 Å². The highest BCUT2D eigenvalue weighted by Crippen LogP contribution is 2.40. The number of benzene rings is 1. The Hall–Kier alpha value is -4.20. The minimum atomic E-state index is -5.08. The number of aryl methyl sites for hydroxylation is 1. The SMILES string of the molecule is Cc1cc(C(=O)N2CCC3(CC2)OC(C(=O)NCc2ccccc2)Cn2ccnc23)no1.O=C(O)C(F)(F)F. The number of carbonyl (C=O) groups excluding carboxylic acids is 2. The number of aliphatic carboxylic acids is 1. The normalized spacial score (nSPS) is 18.1. The molecule has 2 aliphatic rings. The Balaban J connectivity index is 0.000000448. The molecule has 2 aromatic heterocycles. The number of nitrogens with zero attached hydrogens (tertiary/aromatic N) is 4. The number of amides is 2. The molecule has 0 saturated carbocycles. The van der Waals surface area contributed by atoms with E-state index >= 15 is 0 Å². The van der Waals surface area contributed by atoms with E-state index in [1.54, 1.807) is 24.1 Å². The highest BCUT2D eigenvalue weighted by Gasteiger charge is 2.48. The van der Waals surface area contributed by atoms with E-state index < -0.39 is 23.9 Å². The summed E-state index contributed by atoms with van der Waals surface area (Å²) in [6, 6.07) is 11.4. The Labute approximate surface area is 220 Å². The fourth-order valence-corrected chi connectivity index (χ4v) is 4.47. The molecule has 208 valence electrons. The van der Waals surface area contributed by atoms with E-state index in [4.69, 9.17) is 19.2 Å². The van der Waals surface area contributed by atoms with Crippen molar-refractivity contribution in [3.8, 4) is 0 Å². The van der Waals surface area contributed by atoms with Crippen LogP contribution in [0.1, 0.15) is 40.5 Å². The molecule has 1 aromatic carbocycles. The number of imidazole rings is 1. The lowest BCUT2D eigenvalue weighted by molar-refractivity contribution is -0.192. The number of carboxylic acid groups (broad SMARTS) is 1. The third kappa shape index (κ3) is 6.45. The molecule has 0 bridgehead atoms. The van der Waals surface area contributed by atoms with Crippen molar-refractivity contribution < 1.29 is 41.9 Å². The summed E-state index contributed by atoms with van der Waals surface area (Å²) in [7, 11) is 0. The molecule has 2 aliphatic heterocycles. The molecule has 0 radical (unpaired) electrons. The smallest absolute Gasteiger partial charge is 0.475 e. The summed E-state index contributed by atoms with van der Waals surface area (Å²) in [6.07, 6.45) is -0.988. The topological polar surface area (TPSA) is 140 Å². The summed E-state index contributed by atoms with van der Waals surface area (Å²) >= 11 is 0. The van der Waals surface area contributed by atoms with Gasteiger partial charge in [-0.3, -0.25) is 9.59 Å². The fraction of sp³-hybridized carbons (Fsp3) is 0.400. The monoisotopic (exact) mass is 549 g/mol. The lowest BCUT2D eigenvalue weighted by Crippen LogP contribution is -2.54. The van der Waals surface area contributed by atoms with Crippen LogP contribution in [0.25, 0.3) is 0 Å². The van der Waals surface area contributed by atoms with Gasteiger partial charge in [0, 0.05) is 50.9 Å². The average Bonchev–Trinajstić information content (AvgIpc) is 3.57. The Morgan fingerprint density at radius 3 is 2.44 bits per heavy atom. The number of alkyl halides is 3. The van der Waals surface area contributed by atoms with Crippen LogP contribution in [-0.4, -0.2) is 67.9 Å². The number of rotatable bonds is 4. The highest BCUT2D eigenvalue weighted by molar-refractivity contribution is 5.92. The highest BCUT2D eigenvalue weighted by atomic mass is 19.4.